The minimum Gasteiger partial charge on any atom is -0.381 e. The highest BCUT2D eigenvalue weighted by molar-refractivity contribution is 7.10. The average molecular weight is 359 g/mol. The van der Waals surface area contributed by atoms with Gasteiger partial charge in [0.2, 0.25) is 5.91 Å². The molecule has 0 saturated carbocycles. The minimum absolute atomic E-state index is 0.250. The number of hydrogen-bond acceptors (Lipinski definition) is 5. The Labute approximate surface area is 153 Å². The van der Waals surface area contributed by atoms with Gasteiger partial charge < -0.3 is 15.1 Å². The highest BCUT2D eigenvalue weighted by Crippen LogP contribution is 2.19. The molecule has 0 radical (unpaired) electrons. The van der Waals surface area contributed by atoms with Crippen molar-refractivity contribution in [1.82, 2.24) is 9.88 Å². The Morgan fingerprint density at radius 3 is 2.88 bits per heavy atom. The summed E-state index contributed by atoms with van der Waals surface area (Å²) in [6.45, 7) is 1.69. The number of nitrogens with one attached hydrogen (secondary N) is 1. The predicted molar refractivity (Wildman–Crippen MR) is 104 cm³/mol. The number of hydrogen-bond donors (Lipinski definition) is 1. The van der Waals surface area contributed by atoms with Crippen LogP contribution >= 0.6 is 11.3 Å². The van der Waals surface area contributed by atoms with Gasteiger partial charge in [-0.2, -0.15) is 0 Å². The molecule has 1 aliphatic rings. The van der Waals surface area contributed by atoms with Gasteiger partial charge in [0.25, 0.3) is 0 Å². The van der Waals surface area contributed by atoms with Crippen molar-refractivity contribution < 1.29 is 4.79 Å². The fourth-order valence-electron chi connectivity index (χ4n) is 3.14. The molecule has 0 aliphatic carbocycles. The van der Waals surface area contributed by atoms with Crippen molar-refractivity contribution in [2.45, 2.75) is 31.7 Å². The summed E-state index contributed by atoms with van der Waals surface area (Å²) in [6, 6.07) is 8.54. The van der Waals surface area contributed by atoms with Crippen LogP contribution in [-0.2, 0) is 11.2 Å². The molecule has 0 aromatic carbocycles. The van der Waals surface area contributed by atoms with E-state index in [2.05, 4.69) is 16.4 Å². The predicted octanol–water partition coefficient (Wildman–Crippen LogP) is 3.24. The quantitative estimate of drug-likeness (QED) is 0.891. The van der Waals surface area contributed by atoms with E-state index in [-0.39, 0.29) is 5.91 Å². The van der Waals surface area contributed by atoms with E-state index >= 15 is 0 Å². The van der Waals surface area contributed by atoms with E-state index in [9.17, 15) is 4.79 Å². The van der Waals surface area contributed by atoms with E-state index in [1.165, 1.54) is 0 Å². The molecule has 25 heavy (non-hydrogen) atoms. The highest BCUT2D eigenvalue weighted by Gasteiger charge is 2.21. The van der Waals surface area contributed by atoms with Crippen molar-refractivity contribution in [3.05, 3.63) is 40.7 Å². The first-order valence-corrected chi connectivity index (χ1v) is 9.70. The lowest BCUT2D eigenvalue weighted by molar-refractivity contribution is -0.130. The number of thiophene rings is 1. The monoisotopic (exact) mass is 358 g/mol. The van der Waals surface area contributed by atoms with Crippen molar-refractivity contribution in [1.29, 1.82) is 0 Å². The molecular formula is C19H26N4OS. The molecular weight excluding hydrogens is 332 g/mol. The molecule has 1 N–H and O–H groups in total. The minimum atomic E-state index is 0.250. The lowest BCUT2D eigenvalue weighted by Gasteiger charge is -2.21. The summed E-state index contributed by atoms with van der Waals surface area (Å²) in [5.41, 5.74) is 1.05. The van der Waals surface area contributed by atoms with E-state index in [1.54, 1.807) is 11.3 Å². The SMILES string of the molecule is CN(C)c1ccc(N[C@@H]2CCCN(C(=O)Cc3cccs3)CC2)cn1. The van der Waals surface area contributed by atoms with Crippen molar-refractivity contribution >= 4 is 28.7 Å². The third kappa shape index (κ3) is 4.95. The second-order valence-electron chi connectivity index (χ2n) is 6.71. The third-order valence-electron chi connectivity index (χ3n) is 4.56. The number of amides is 1. The average Bonchev–Trinajstić information content (AvgIpc) is 2.99. The zero-order chi connectivity index (χ0) is 17.6. The normalized spacial score (nSPS) is 17.8. The number of nitrogens with zero attached hydrogens (tertiary/aromatic N) is 3. The van der Waals surface area contributed by atoms with E-state index in [4.69, 9.17) is 0 Å². The van der Waals surface area contributed by atoms with Crippen LogP contribution in [0.15, 0.2) is 35.8 Å². The number of pyridine rings is 1. The zero-order valence-electron chi connectivity index (χ0n) is 14.9. The van der Waals surface area contributed by atoms with Crippen molar-refractivity contribution in [2.24, 2.45) is 0 Å². The van der Waals surface area contributed by atoms with Gasteiger partial charge >= 0.3 is 0 Å². The summed E-state index contributed by atoms with van der Waals surface area (Å²) in [5.74, 6) is 1.21. The number of aromatic nitrogens is 1. The second kappa shape index (κ2) is 8.34. The van der Waals surface area contributed by atoms with E-state index in [0.717, 1.165) is 48.7 Å². The summed E-state index contributed by atoms with van der Waals surface area (Å²) in [5, 5.41) is 5.60. The molecule has 3 heterocycles. The smallest absolute Gasteiger partial charge is 0.227 e. The Balaban J connectivity index is 1.51. The second-order valence-corrected chi connectivity index (χ2v) is 7.74. The fourth-order valence-corrected chi connectivity index (χ4v) is 3.83. The maximum Gasteiger partial charge on any atom is 0.227 e. The number of carbonyl (C=O) groups excluding carboxylic acids is 1. The van der Waals surface area contributed by atoms with Crippen LogP contribution < -0.4 is 10.2 Å². The van der Waals surface area contributed by atoms with Crippen molar-refractivity contribution in [2.75, 3.05) is 37.4 Å². The number of anilines is 2. The molecule has 134 valence electrons. The zero-order valence-corrected chi connectivity index (χ0v) is 15.8. The number of rotatable bonds is 5. The summed E-state index contributed by atoms with van der Waals surface area (Å²) >= 11 is 1.66. The first-order chi connectivity index (χ1) is 12.1. The van der Waals surface area contributed by atoms with Crippen molar-refractivity contribution in [3.63, 3.8) is 0 Å². The number of carbonyl (C=O) groups is 1. The van der Waals surface area contributed by atoms with E-state index < -0.39 is 0 Å². The molecule has 1 saturated heterocycles. The molecule has 1 aliphatic heterocycles. The molecule has 0 bridgehead atoms. The van der Waals surface area contributed by atoms with Gasteiger partial charge in [0.05, 0.1) is 18.3 Å². The Hall–Kier alpha value is -2.08. The van der Waals surface area contributed by atoms with Gasteiger partial charge in [-0.3, -0.25) is 4.79 Å². The van der Waals surface area contributed by atoms with Crippen LogP contribution in [0.3, 0.4) is 0 Å². The maximum atomic E-state index is 12.5. The Morgan fingerprint density at radius 2 is 2.20 bits per heavy atom. The molecule has 0 spiro atoms. The molecule has 6 heteroatoms. The Morgan fingerprint density at radius 1 is 1.32 bits per heavy atom. The summed E-state index contributed by atoms with van der Waals surface area (Å²) < 4.78 is 0. The summed E-state index contributed by atoms with van der Waals surface area (Å²) in [6.07, 6.45) is 5.52. The van der Waals surface area contributed by atoms with Gasteiger partial charge in [0.15, 0.2) is 0 Å². The van der Waals surface area contributed by atoms with Crippen molar-refractivity contribution in [3.8, 4) is 0 Å². The Kier molecular flexibility index (Phi) is 5.91. The van der Waals surface area contributed by atoms with Crippen LogP contribution in [0, 0.1) is 0 Å². The van der Waals surface area contributed by atoms with Crippen LogP contribution in [0.4, 0.5) is 11.5 Å². The molecule has 2 aromatic heterocycles. The van der Waals surface area contributed by atoms with Gasteiger partial charge in [0.1, 0.15) is 5.82 Å². The first-order valence-electron chi connectivity index (χ1n) is 8.82. The third-order valence-corrected chi connectivity index (χ3v) is 5.44. The fraction of sp³-hybridized carbons (Fsp3) is 0.474. The molecule has 1 amide bonds. The molecule has 3 rings (SSSR count). The molecule has 1 fully saturated rings. The van der Waals surface area contributed by atoms with Crippen LogP contribution in [0.5, 0.6) is 0 Å². The topological polar surface area (TPSA) is 48.5 Å². The van der Waals surface area contributed by atoms with Gasteiger partial charge in [-0.05, 0) is 42.8 Å². The van der Waals surface area contributed by atoms with Crippen LogP contribution in [0.25, 0.3) is 0 Å². The lowest BCUT2D eigenvalue weighted by Crippen LogP contribution is -2.33. The largest absolute Gasteiger partial charge is 0.381 e. The number of likely N-dealkylation sites (tertiary alicyclic amines) is 1. The maximum absolute atomic E-state index is 12.5. The van der Waals surface area contributed by atoms with Crippen LogP contribution in [0.2, 0.25) is 0 Å². The molecule has 2 aromatic rings. The standard InChI is InChI=1S/C19H26N4OS/c1-22(2)18-8-7-16(14-20-18)21-15-5-3-10-23(11-9-15)19(24)13-17-6-4-12-25-17/h4,6-8,12,14-15,21H,3,5,9-11,13H2,1-2H3/t15-/m1/s1. The molecule has 5 nitrogen and oxygen atoms in total. The van der Waals surface area contributed by atoms with Crippen LogP contribution in [0.1, 0.15) is 24.1 Å². The summed E-state index contributed by atoms with van der Waals surface area (Å²) in [7, 11) is 3.98. The first kappa shape index (κ1) is 17.7. The van der Waals surface area contributed by atoms with Crippen LogP contribution in [-0.4, -0.2) is 49.0 Å². The lowest BCUT2D eigenvalue weighted by atomic mass is 10.1. The summed E-state index contributed by atoms with van der Waals surface area (Å²) in [4.78, 5) is 22.1. The van der Waals surface area contributed by atoms with Gasteiger partial charge in [-0.15, -0.1) is 11.3 Å². The van der Waals surface area contributed by atoms with E-state index in [0.29, 0.717) is 12.5 Å². The molecule has 0 unspecified atom stereocenters. The van der Waals surface area contributed by atoms with E-state index in [1.807, 2.05) is 53.7 Å². The highest BCUT2D eigenvalue weighted by atomic mass is 32.1. The van der Waals surface area contributed by atoms with Gasteiger partial charge in [-0.1, -0.05) is 6.07 Å². The Bertz CT molecular complexity index is 669. The molecule has 1 atom stereocenters. The van der Waals surface area contributed by atoms with Gasteiger partial charge in [-0.25, -0.2) is 4.98 Å². The van der Waals surface area contributed by atoms with Gasteiger partial charge in [0, 0.05) is 38.1 Å².